The van der Waals surface area contributed by atoms with E-state index in [-0.39, 0.29) is 11.4 Å². The zero-order valence-corrected chi connectivity index (χ0v) is 8.81. The fraction of sp³-hybridized carbons (Fsp3) is 0.444. The fourth-order valence-corrected chi connectivity index (χ4v) is 1.76. The first-order valence-corrected chi connectivity index (χ1v) is 4.45. The third-order valence-corrected chi connectivity index (χ3v) is 2.39. The largest absolute Gasteiger partial charge is 0.475 e. The maximum Gasteiger partial charge on any atom is 0.380 e. The van der Waals surface area contributed by atoms with E-state index in [9.17, 15) is 9.59 Å². The van der Waals surface area contributed by atoms with Gasteiger partial charge in [-0.3, -0.25) is 0 Å². The predicted octanol–water partition coefficient (Wildman–Crippen LogP) is -0.192. The van der Waals surface area contributed by atoms with E-state index in [4.69, 9.17) is 10.2 Å². The predicted molar refractivity (Wildman–Crippen MR) is 49.9 cm³/mol. The number of imidazole rings is 1. The molecule has 1 aromatic heterocycles. The number of hydrogen-bond donors (Lipinski definition) is 2. The summed E-state index contributed by atoms with van der Waals surface area (Å²) < 4.78 is 2.79. The molecule has 82 valence electrons. The Hall–Kier alpha value is -1.85. The van der Waals surface area contributed by atoms with E-state index in [1.807, 2.05) is 6.92 Å². The molecule has 0 spiro atoms. The lowest BCUT2D eigenvalue weighted by molar-refractivity contribution is -0.681. The van der Waals surface area contributed by atoms with E-state index in [1.54, 1.807) is 14.1 Å². The zero-order chi connectivity index (χ0) is 11.7. The van der Waals surface area contributed by atoms with Crippen LogP contribution in [0.3, 0.4) is 0 Å². The minimum absolute atomic E-state index is 0.193. The molecule has 1 aromatic rings. The van der Waals surface area contributed by atoms with Crippen molar-refractivity contribution in [3.8, 4) is 0 Å². The molecule has 0 unspecified atom stereocenters. The average Bonchev–Trinajstić information content (AvgIpc) is 2.37. The van der Waals surface area contributed by atoms with Gasteiger partial charge in [-0.25, -0.2) is 18.7 Å². The summed E-state index contributed by atoms with van der Waals surface area (Å²) in [6.45, 7) is 1.84. The maximum absolute atomic E-state index is 10.9. The van der Waals surface area contributed by atoms with Crippen molar-refractivity contribution in [1.82, 2.24) is 4.57 Å². The summed E-state index contributed by atoms with van der Waals surface area (Å²) in [7, 11) is 3.10. The van der Waals surface area contributed by atoms with Gasteiger partial charge in [-0.05, 0) is 0 Å². The summed E-state index contributed by atoms with van der Waals surface area (Å²) in [5.74, 6) is -1.81. The summed E-state index contributed by atoms with van der Waals surface area (Å²) in [6.07, 6.45) is 0.570. The molecule has 0 bridgehead atoms. The van der Waals surface area contributed by atoms with Gasteiger partial charge in [-0.1, -0.05) is 6.92 Å². The minimum atomic E-state index is -1.23. The van der Waals surface area contributed by atoms with Gasteiger partial charge in [0.05, 0.1) is 14.1 Å². The van der Waals surface area contributed by atoms with Crippen LogP contribution in [0.2, 0.25) is 0 Å². The Morgan fingerprint density at radius 1 is 1.33 bits per heavy atom. The molecule has 0 aliphatic carbocycles. The molecule has 2 N–H and O–H groups in total. The van der Waals surface area contributed by atoms with Crippen molar-refractivity contribution in [3.05, 3.63) is 17.2 Å². The van der Waals surface area contributed by atoms with Gasteiger partial charge in [0.25, 0.3) is 17.2 Å². The van der Waals surface area contributed by atoms with E-state index >= 15 is 0 Å². The average molecular weight is 213 g/mol. The highest BCUT2D eigenvalue weighted by molar-refractivity contribution is 5.97. The molecule has 0 saturated carbocycles. The van der Waals surface area contributed by atoms with Gasteiger partial charge in [0.15, 0.2) is 0 Å². The lowest BCUT2D eigenvalue weighted by atomic mass is 10.3. The van der Waals surface area contributed by atoms with Crippen molar-refractivity contribution < 1.29 is 24.4 Å². The molecule has 0 fully saturated rings. The van der Waals surface area contributed by atoms with Crippen LogP contribution in [0, 0.1) is 0 Å². The van der Waals surface area contributed by atoms with Crippen LogP contribution < -0.4 is 4.57 Å². The molecule has 6 nitrogen and oxygen atoms in total. The molecule has 0 radical (unpaired) electrons. The van der Waals surface area contributed by atoms with Crippen LogP contribution >= 0.6 is 0 Å². The monoisotopic (exact) mass is 213 g/mol. The normalized spacial score (nSPS) is 10.3. The third-order valence-electron chi connectivity index (χ3n) is 2.39. The molecule has 1 heterocycles. The summed E-state index contributed by atoms with van der Waals surface area (Å²) in [4.78, 5) is 21.9. The minimum Gasteiger partial charge on any atom is -0.475 e. The number of rotatable bonds is 3. The van der Waals surface area contributed by atoms with Gasteiger partial charge < -0.3 is 10.2 Å². The van der Waals surface area contributed by atoms with Gasteiger partial charge in [-0.2, -0.15) is 0 Å². The van der Waals surface area contributed by atoms with Crippen LogP contribution in [-0.4, -0.2) is 26.7 Å². The van der Waals surface area contributed by atoms with E-state index in [0.717, 1.165) is 0 Å². The first-order valence-electron chi connectivity index (χ1n) is 4.45. The van der Waals surface area contributed by atoms with Crippen molar-refractivity contribution in [2.24, 2.45) is 14.1 Å². The highest BCUT2D eigenvalue weighted by Gasteiger charge is 2.34. The molecule has 1 rings (SSSR count). The second kappa shape index (κ2) is 3.72. The Balaban J connectivity index is 3.61. The molecular formula is C9H13N2O4+. The summed E-state index contributed by atoms with van der Waals surface area (Å²) in [5, 5.41) is 17.9. The van der Waals surface area contributed by atoms with Gasteiger partial charge >= 0.3 is 11.9 Å². The van der Waals surface area contributed by atoms with Crippen LogP contribution in [0.15, 0.2) is 0 Å². The van der Waals surface area contributed by atoms with E-state index in [0.29, 0.717) is 12.2 Å². The summed E-state index contributed by atoms with van der Waals surface area (Å²) >= 11 is 0. The standard InChI is InChI=1S/C9H12N2O4/c1-4-5-10(2)6(8(12)13)7(9(14)15)11(5)3/h4H2,1-3H3,(H-,12,13,14,15)/p+1. The molecule has 0 aliphatic rings. The molecule has 6 heteroatoms. The van der Waals surface area contributed by atoms with Crippen LogP contribution in [0.5, 0.6) is 0 Å². The van der Waals surface area contributed by atoms with Crippen LogP contribution in [0.1, 0.15) is 33.7 Å². The van der Waals surface area contributed by atoms with E-state index in [2.05, 4.69) is 0 Å². The Bertz CT molecular complexity index is 396. The van der Waals surface area contributed by atoms with Crippen molar-refractivity contribution in [2.75, 3.05) is 0 Å². The highest BCUT2D eigenvalue weighted by Crippen LogP contribution is 2.09. The van der Waals surface area contributed by atoms with E-state index < -0.39 is 11.9 Å². The second-order valence-corrected chi connectivity index (χ2v) is 3.20. The number of aromatic nitrogens is 2. The molecule has 0 saturated heterocycles. The van der Waals surface area contributed by atoms with Crippen LogP contribution in [0.25, 0.3) is 0 Å². The topological polar surface area (TPSA) is 83.4 Å². The maximum atomic E-state index is 10.9. The van der Waals surface area contributed by atoms with E-state index in [1.165, 1.54) is 9.13 Å². The molecule has 15 heavy (non-hydrogen) atoms. The first-order chi connectivity index (χ1) is 6.91. The first kappa shape index (κ1) is 11.2. The van der Waals surface area contributed by atoms with Gasteiger partial charge in [0, 0.05) is 6.42 Å². The Labute approximate surface area is 86.4 Å². The summed E-state index contributed by atoms with van der Waals surface area (Å²) in [5.41, 5.74) is -0.385. The number of carbonyl (C=O) groups is 2. The number of nitrogens with zero attached hydrogens (tertiary/aromatic N) is 2. The molecule has 0 aromatic carbocycles. The lowest BCUT2D eigenvalue weighted by Crippen LogP contribution is -2.38. The Kier molecular flexibility index (Phi) is 2.78. The van der Waals surface area contributed by atoms with Crippen molar-refractivity contribution >= 4 is 11.9 Å². The van der Waals surface area contributed by atoms with Gasteiger partial charge in [0.1, 0.15) is 0 Å². The number of carboxylic acids is 2. The number of carboxylic acid groups (broad SMARTS) is 2. The second-order valence-electron chi connectivity index (χ2n) is 3.20. The highest BCUT2D eigenvalue weighted by atomic mass is 16.4. The number of hydrogen-bond acceptors (Lipinski definition) is 2. The van der Waals surface area contributed by atoms with Crippen molar-refractivity contribution in [2.45, 2.75) is 13.3 Å². The molecule has 0 atom stereocenters. The number of aromatic carboxylic acids is 2. The Morgan fingerprint density at radius 2 is 1.87 bits per heavy atom. The van der Waals surface area contributed by atoms with Crippen LogP contribution in [-0.2, 0) is 20.5 Å². The smallest absolute Gasteiger partial charge is 0.380 e. The quantitative estimate of drug-likeness (QED) is 0.681. The van der Waals surface area contributed by atoms with Gasteiger partial charge in [0.2, 0.25) is 0 Å². The third kappa shape index (κ3) is 1.58. The lowest BCUT2D eigenvalue weighted by Gasteiger charge is -1.92. The summed E-state index contributed by atoms with van der Waals surface area (Å²) in [6, 6.07) is 0. The molecule has 0 aliphatic heterocycles. The molecular weight excluding hydrogens is 200 g/mol. The Morgan fingerprint density at radius 3 is 2.13 bits per heavy atom. The SMILES string of the molecule is CCc1n(C)c(C(=O)O)c(C(=O)O)[n+]1C. The van der Waals surface area contributed by atoms with Crippen LogP contribution in [0.4, 0.5) is 0 Å². The molecule has 0 amide bonds. The van der Waals surface area contributed by atoms with Gasteiger partial charge in [-0.15, -0.1) is 0 Å². The fourth-order valence-electron chi connectivity index (χ4n) is 1.76. The van der Waals surface area contributed by atoms with Crippen molar-refractivity contribution in [1.29, 1.82) is 0 Å². The zero-order valence-electron chi connectivity index (χ0n) is 8.81. The van der Waals surface area contributed by atoms with Crippen molar-refractivity contribution in [3.63, 3.8) is 0 Å².